The van der Waals surface area contributed by atoms with E-state index in [9.17, 15) is 19.2 Å². The Bertz CT molecular complexity index is 1350. The maximum absolute atomic E-state index is 13.5. The quantitative estimate of drug-likeness (QED) is 0.265. The number of nitrogens with one attached hydrogen (secondary N) is 4. The van der Waals surface area contributed by atoms with Crippen LogP contribution in [0.3, 0.4) is 0 Å². The maximum atomic E-state index is 13.5. The Kier molecular flexibility index (Phi) is 8.68. The number of fused-ring (bicyclic) bond motifs is 1. The van der Waals surface area contributed by atoms with Gasteiger partial charge in [0.1, 0.15) is 22.6 Å². The van der Waals surface area contributed by atoms with E-state index in [0.29, 0.717) is 25.1 Å². The molecule has 12 heteroatoms. The molecule has 1 aliphatic heterocycles. The Morgan fingerprint density at radius 1 is 1.24 bits per heavy atom. The minimum absolute atomic E-state index is 0.0707. The summed E-state index contributed by atoms with van der Waals surface area (Å²) in [5.41, 5.74) is 1.00. The number of ketones is 1. The number of nitrogens with zero attached hydrogens (tertiary/aromatic N) is 1. The molecule has 3 atom stereocenters. The second-order valence-electron chi connectivity index (χ2n) is 9.67. The molecule has 1 aliphatic rings. The van der Waals surface area contributed by atoms with E-state index < -0.39 is 35.6 Å². The fourth-order valence-corrected chi connectivity index (χ4v) is 5.48. The van der Waals surface area contributed by atoms with Crippen LogP contribution in [0.25, 0.3) is 10.9 Å². The summed E-state index contributed by atoms with van der Waals surface area (Å²) in [4.78, 5) is 59.2. The third kappa shape index (κ3) is 6.33. The monoisotopic (exact) mass is 559 g/mol. The van der Waals surface area contributed by atoms with Crippen molar-refractivity contribution in [1.82, 2.24) is 25.9 Å². The van der Waals surface area contributed by atoms with Crippen LogP contribution in [0.5, 0.6) is 5.75 Å². The largest absolute Gasteiger partial charge is 0.496 e. The van der Waals surface area contributed by atoms with Gasteiger partial charge in [0.05, 0.1) is 13.2 Å². The molecule has 4 N–H and O–H groups in total. The number of carbonyl (C=O) groups is 4. The Morgan fingerprint density at radius 2 is 2.03 bits per heavy atom. The van der Waals surface area contributed by atoms with Crippen molar-refractivity contribution in [3.8, 4) is 5.75 Å². The molecular weight excluding hydrogens is 530 g/mol. The molecule has 3 amide bonds. The zero-order chi connectivity index (χ0) is 27.4. The van der Waals surface area contributed by atoms with E-state index >= 15 is 0 Å². The Labute approximate surface area is 228 Å². The highest BCUT2D eigenvalue weighted by atomic mass is 35.5. The van der Waals surface area contributed by atoms with E-state index in [1.165, 1.54) is 5.38 Å². The van der Waals surface area contributed by atoms with Crippen LogP contribution in [0.15, 0.2) is 29.6 Å². The molecule has 1 saturated heterocycles. The second kappa shape index (κ2) is 12.0. The third-order valence-electron chi connectivity index (χ3n) is 6.42. The predicted octanol–water partition coefficient (Wildman–Crippen LogP) is 3.32. The number of Topliss-reactive ketones (excluding diaryl/α,β-unsaturated/α-hetero) is 1. The second-order valence-corrected chi connectivity index (χ2v) is 10.9. The lowest BCUT2D eigenvalue weighted by Crippen LogP contribution is -2.52. The fourth-order valence-electron chi connectivity index (χ4n) is 4.54. The van der Waals surface area contributed by atoms with Gasteiger partial charge in [0.2, 0.25) is 17.6 Å². The number of methoxy groups -OCH3 is 1. The summed E-state index contributed by atoms with van der Waals surface area (Å²) in [7, 11) is 1.55. The number of aromatic amines is 1. The zero-order valence-corrected chi connectivity index (χ0v) is 22.9. The first kappa shape index (κ1) is 27.6. The first-order valence-corrected chi connectivity index (χ1v) is 13.6. The van der Waals surface area contributed by atoms with Gasteiger partial charge in [-0.15, -0.1) is 11.3 Å². The summed E-state index contributed by atoms with van der Waals surface area (Å²) in [6.07, 6.45) is 1.03. The molecule has 3 aromatic rings. The first-order valence-electron chi connectivity index (χ1n) is 12.4. The van der Waals surface area contributed by atoms with Gasteiger partial charge in [-0.05, 0) is 43.4 Å². The molecule has 2 aromatic heterocycles. The molecule has 10 nitrogen and oxygen atoms in total. The molecule has 3 heterocycles. The average molecular weight is 560 g/mol. The minimum Gasteiger partial charge on any atom is -0.496 e. The van der Waals surface area contributed by atoms with E-state index in [-0.39, 0.29) is 34.1 Å². The van der Waals surface area contributed by atoms with Crippen molar-refractivity contribution < 1.29 is 23.9 Å². The highest BCUT2D eigenvalue weighted by Gasteiger charge is 2.34. The zero-order valence-electron chi connectivity index (χ0n) is 21.3. The minimum atomic E-state index is -0.998. The molecule has 4 rings (SSSR count). The Balaban J connectivity index is 1.54. The van der Waals surface area contributed by atoms with E-state index in [0.717, 1.165) is 22.2 Å². The van der Waals surface area contributed by atoms with Crippen LogP contribution in [0.2, 0.25) is 5.15 Å². The van der Waals surface area contributed by atoms with Gasteiger partial charge >= 0.3 is 0 Å². The van der Waals surface area contributed by atoms with Crippen LogP contribution < -0.4 is 20.7 Å². The van der Waals surface area contributed by atoms with E-state index in [1.807, 2.05) is 26.0 Å². The van der Waals surface area contributed by atoms with Crippen molar-refractivity contribution in [2.45, 2.75) is 45.2 Å². The highest BCUT2D eigenvalue weighted by Crippen LogP contribution is 2.26. The molecule has 0 aliphatic carbocycles. The summed E-state index contributed by atoms with van der Waals surface area (Å²) in [6.45, 7) is 4.38. The van der Waals surface area contributed by atoms with Crippen LogP contribution in [-0.4, -0.2) is 59.2 Å². The van der Waals surface area contributed by atoms with Crippen molar-refractivity contribution in [2.24, 2.45) is 11.8 Å². The standard InChI is InChI=1S/C26H30ClN5O5S/c1-13(2)9-18(31-25(36)19-11-15-16(29-19)5-4-6-20(15)37-3)24(35)30-17(10-14-7-8-28-23(14)34)22(33)26-32-21(27)12-38-26/h4-6,11-14,17-18,29H,7-10H2,1-3H3,(H,28,34)(H,30,35)(H,31,36)/t14-,17-,18+/m1/s1. The smallest absolute Gasteiger partial charge is 0.268 e. The molecule has 0 saturated carbocycles. The van der Waals surface area contributed by atoms with Gasteiger partial charge in [-0.2, -0.15) is 0 Å². The lowest BCUT2D eigenvalue weighted by molar-refractivity contribution is -0.125. The maximum Gasteiger partial charge on any atom is 0.268 e. The lowest BCUT2D eigenvalue weighted by atomic mass is 9.95. The number of thiazole rings is 1. The van der Waals surface area contributed by atoms with Crippen molar-refractivity contribution in [1.29, 1.82) is 0 Å². The Morgan fingerprint density at radius 3 is 2.66 bits per heavy atom. The molecule has 0 unspecified atom stereocenters. The van der Waals surface area contributed by atoms with Gasteiger partial charge in [0.25, 0.3) is 5.91 Å². The average Bonchev–Trinajstić information content (AvgIpc) is 3.62. The molecular formula is C26H30ClN5O5S. The Hall–Kier alpha value is -3.44. The van der Waals surface area contributed by atoms with Gasteiger partial charge in [0, 0.05) is 28.7 Å². The van der Waals surface area contributed by atoms with Crippen LogP contribution >= 0.6 is 22.9 Å². The molecule has 1 aromatic carbocycles. The van der Waals surface area contributed by atoms with Crippen LogP contribution in [0.4, 0.5) is 0 Å². The number of ether oxygens (including phenoxy) is 1. The number of aromatic nitrogens is 2. The van der Waals surface area contributed by atoms with Gasteiger partial charge in [-0.25, -0.2) is 4.98 Å². The van der Waals surface area contributed by atoms with Crippen molar-refractivity contribution in [3.63, 3.8) is 0 Å². The fraction of sp³-hybridized carbons (Fsp3) is 0.423. The summed E-state index contributed by atoms with van der Waals surface area (Å²) in [5, 5.41) is 11.0. The van der Waals surface area contributed by atoms with Crippen molar-refractivity contribution >= 4 is 57.3 Å². The van der Waals surface area contributed by atoms with Crippen LogP contribution in [0, 0.1) is 11.8 Å². The highest BCUT2D eigenvalue weighted by molar-refractivity contribution is 7.12. The van der Waals surface area contributed by atoms with E-state index in [4.69, 9.17) is 16.3 Å². The molecule has 1 fully saturated rings. The van der Waals surface area contributed by atoms with Crippen LogP contribution in [0.1, 0.15) is 53.4 Å². The number of halogens is 1. The van der Waals surface area contributed by atoms with Gasteiger partial charge in [0.15, 0.2) is 5.01 Å². The summed E-state index contributed by atoms with van der Waals surface area (Å²) in [6, 6.07) is 5.19. The lowest BCUT2D eigenvalue weighted by Gasteiger charge is -2.24. The van der Waals surface area contributed by atoms with Gasteiger partial charge in [-0.1, -0.05) is 31.5 Å². The van der Waals surface area contributed by atoms with Crippen LogP contribution in [-0.2, 0) is 9.59 Å². The van der Waals surface area contributed by atoms with E-state index in [1.54, 1.807) is 19.2 Å². The van der Waals surface area contributed by atoms with Crippen molar-refractivity contribution in [3.05, 3.63) is 45.5 Å². The summed E-state index contributed by atoms with van der Waals surface area (Å²) in [5.74, 6) is -1.29. The third-order valence-corrected chi connectivity index (χ3v) is 7.60. The summed E-state index contributed by atoms with van der Waals surface area (Å²) >= 11 is 6.99. The molecule has 38 heavy (non-hydrogen) atoms. The molecule has 0 bridgehead atoms. The van der Waals surface area contributed by atoms with E-state index in [2.05, 4.69) is 25.9 Å². The first-order chi connectivity index (χ1) is 18.2. The number of H-pyrrole nitrogens is 1. The number of hydrogen-bond donors (Lipinski definition) is 4. The topological polar surface area (TPSA) is 142 Å². The number of benzene rings is 1. The number of carbonyl (C=O) groups excluding carboxylic acids is 4. The number of amides is 3. The van der Waals surface area contributed by atoms with Crippen molar-refractivity contribution in [2.75, 3.05) is 13.7 Å². The predicted molar refractivity (Wildman–Crippen MR) is 145 cm³/mol. The summed E-state index contributed by atoms with van der Waals surface area (Å²) < 4.78 is 5.37. The SMILES string of the molecule is COc1cccc2[nH]c(C(=O)N[C@@H](CC(C)C)C(=O)N[C@H](C[C@H]3CCNC3=O)C(=O)c3nc(Cl)cs3)cc12. The normalized spacial score (nSPS) is 16.8. The molecule has 0 radical (unpaired) electrons. The van der Waals surface area contributed by atoms with Gasteiger partial charge in [-0.3, -0.25) is 19.2 Å². The number of hydrogen-bond acceptors (Lipinski definition) is 7. The van der Waals surface area contributed by atoms with Gasteiger partial charge < -0.3 is 25.7 Å². The number of rotatable bonds is 11. The molecule has 202 valence electrons. The molecule has 0 spiro atoms.